The summed E-state index contributed by atoms with van der Waals surface area (Å²) >= 11 is 0. The molecule has 0 aliphatic heterocycles. The number of nitrogens with zero attached hydrogens (tertiary/aromatic N) is 1. The highest BCUT2D eigenvalue weighted by atomic mass is 16.6. The molecule has 92 valence electrons. The fourth-order valence-corrected chi connectivity index (χ4v) is 1.19. The molecule has 0 bridgehead atoms. The van der Waals surface area contributed by atoms with Gasteiger partial charge in [-0.25, -0.2) is 0 Å². The van der Waals surface area contributed by atoms with Gasteiger partial charge < -0.3 is 11.1 Å². The average molecular weight is 237 g/mol. The van der Waals surface area contributed by atoms with Crippen LogP contribution >= 0.6 is 0 Å². The Morgan fingerprint density at radius 2 is 1.88 bits per heavy atom. The first kappa shape index (κ1) is 13.1. The van der Waals surface area contributed by atoms with E-state index in [1.54, 1.807) is 0 Å². The molecule has 1 amide bonds. The van der Waals surface area contributed by atoms with Crippen molar-refractivity contribution in [1.82, 2.24) is 0 Å². The van der Waals surface area contributed by atoms with Gasteiger partial charge in [-0.3, -0.25) is 14.9 Å². The van der Waals surface area contributed by atoms with E-state index in [0.717, 1.165) is 0 Å². The molecule has 0 fully saturated rings. The Kier molecular flexibility index (Phi) is 4.17. The van der Waals surface area contributed by atoms with Crippen molar-refractivity contribution in [2.45, 2.75) is 19.9 Å². The lowest BCUT2D eigenvalue weighted by Gasteiger charge is -2.15. The highest BCUT2D eigenvalue weighted by Gasteiger charge is 2.17. The minimum atomic E-state index is -0.592. The fourth-order valence-electron chi connectivity index (χ4n) is 1.19. The minimum Gasteiger partial charge on any atom is -0.325 e. The van der Waals surface area contributed by atoms with Crippen LogP contribution in [0.5, 0.6) is 0 Å². The second kappa shape index (κ2) is 5.40. The van der Waals surface area contributed by atoms with Gasteiger partial charge in [-0.15, -0.1) is 0 Å². The number of nitrogens with two attached hydrogens (primary N) is 1. The van der Waals surface area contributed by atoms with Crippen LogP contribution in [0.2, 0.25) is 0 Å². The third-order valence-corrected chi connectivity index (χ3v) is 2.37. The molecule has 0 saturated heterocycles. The monoisotopic (exact) mass is 237 g/mol. The molecule has 3 N–H and O–H groups in total. The van der Waals surface area contributed by atoms with Gasteiger partial charge in [0.25, 0.3) is 5.69 Å². The normalized spacial score (nSPS) is 12.2. The van der Waals surface area contributed by atoms with E-state index in [9.17, 15) is 14.9 Å². The summed E-state index contributed by atoms with van der Waals surface area (Å²) in [6.45, 7) is 3.69. The van der Waals surface area contributed by atoms with Crippen molar-refractivity contribution in [3.05, 3.63) is 34.4 Å². The molecule has 6 heteroatoms. The van der Waals surface area contributed by atoms with Crippen LogP contribution in [0.4, 0.5) is 11.4 Å². The number of carbonyl (C=O) groups excluding carboxylic acids is 1. The van der Waals surface area contributed by atoms with Gasteiger partial charge in [0.05, 0.1) is 11.0 Å². The van der Waals surface area contributed by atoms with Gasteiger partial charge in [-0.05, 0) is 18.1 Å². The average Bonchev–Trinajstić information content (AvgIpc) is 2.28. The zero-order chi connectivity index (χ0) is 13.0. The lowest BCUT2D eigenvalue weighted by atomic mass is 10.0. The molecular formula is C11H15N3O3. The summed E-state index contributed by atoms with van der Waals surface area (Å²) in [6, 6.07) is 5.02. The molecule has 0 aliphatic rings. The van der Waals surface area contributed by atoms with Crippen molar-refractivity contribution in [2.24, 2.45) is 11.7 Å². The topological polar surface area (TPSA) is 98.3 Å². The summed E-state index contributed by atoms with van der Waals surface area (Å²) < 4.78 is 0. The van der Waals surface area contributed by atoms with E-state index in [0.29, 0.717) is 5.69 Å². The fraction of sp³-hybridized carbons (Fsp3) is 0.364. The Bertz CT molecular complexity index is 414. The van der Waals surface area contributed by atoms with Crippen LogP contribution in [0.25, 0.3) is 0 Å². The van der Waals surface area contributed by atoms with Crippen LogP contribution in [0.15, 0.2) is 24.3 Å². The molecule has 0 radical (unpaired) electrons. The Labute approximate surface area is 99.0 Å². The Morgan fingerprint density at radius 3 is 2.29 bits per heavy atom. The predicted octanol–water partition coefficient (Wildman–Crippen LogP) is 1.52. The van der Waals surface area contributed by atoms with E-state index in [1.807, 2.05) is 13.8 Å². The molecule has 0 spiro atoms. The number of non-ortho nitro benzene ring substituents is 1. The van der Waals surface area contributed by atoms with Gasteiger partial charge in [-0.1, -0.05) is 13.8 Å². The molecule has 0 unspecified atom stereocenters. The van der Waals surface area contributed by atoms with Crippen molar-refractivity contribution >= 4 is 17.3 Å². The molecule has 6 nitrogen and oxygen atoms in total. The van der Waals surface area contributed by atoms with E-state index in [2.05, 4.69) is 5.32 Å². The Morgan fingerprint density at radius 1 is 1.35 bits per heavy atom. The first-order valence-electron chi connectivity index (χ1n) is 5.22. The Balaban J connectivity index is 2.70. The third-order valence-electron chi connectivity index (χ3n) is 2.37. The molecule has 0 saturated carbocycles. The number of nitro benzene ring substituents is 1. The van der Waals surface area contributed by atoms with E-state index >= 15 is 0 Å². The number of hydrogen-bond acceptors (Lipinski definition) is 4. The molecule has 1 atom stereocenters. The Hall–Kier alpha value is -1.95. The van der Waals surface area contributed by atoms with Crippen LogP contribution < -0.4 is 11.1 Å². The summed E-state index contributed by atoms with van der Waals surface area (Å²) in [7, 11) is 0. The van der Waals surface area contributed by atoms with Crippen molar-refractivity contribution in [1.29, 1.82) is 0 Å². The van der Waals surface area contributed by atoms with Crippen LogP contribution in [0.3, 0.4) is 0 Å². The molecule has 0 heterocycles. The summed E-state index contributed by atoms with van der Waals surface area (Å²) in [6.07, 6.45) is 0. The summed E-state index contributed by atoms with van der Waals surface area (Å²) in [4.78, 5) is 21.5. The first-order chi connectivity index (χ1) is 7.91. The predicted molar refractivity (Wildman–Crippen MR) is 64.5 cm³/mol. The third kappa shape index (κ3) is 3.53. The number of anilines is 1. The maximum absolute atomic E-state index is 11.6. The van der Waals surface area contributed by atoms with Crippen LogP contribution in [0.1, 0.15) is 13.8 Å². The van der Waals surface area contributed by atoms with Gasteiger partial charge in [-0.2, -0.15) is 0 Å². The molecule has 0 aromatic heterocycles. The highest BCUT2D eigenvalue weighted by molar-refractivity contribution is 5.94. The summed E-state index contributed by atoms with van der Waals surface area (Å²) in [5.41, 5.74) is 6.15. The number of amides is 1. The maximum Gasteiger partial charge on any atom is 0.269 e. The lowest BCUT2D eigenvalue weighted by molar-refractivity contribution is -0.384. The number of hydrogen-bond donors (Lipinski definition) is 2. The van der Waals surface area contributed by atoms with E-state index in [4.69, 9.17) is 5.73 Å². The van der Waals surface area contributed by atoms with Gasteiger partial charge >= 0.3 is 0 Å². The zero-order valence-corrected chi connectivity index (χ0v) is 9.71. The van der Waals surface area contributed by atoms with Gasteiger partial charge in [0, 0.05) is 17.8 Å². The summed E-state index contributed by atoms with van der Waals surface area (Å²) in [5, 5.41) is 13.0. The quantitative estimate of drug-likeness (QED) is 0.612. The number of benzene rings is 1. The number of nitro groups is 1. The van der Waals surface area contributed by atoms with Crippen LogP contribution in [-0.2, 0) is 4.79 Å². The smallest absolute Gasteiger partial charge is 0.269 e. The SMILES string of the molecule is CC(C)[C@@H](N)C(=O)Nc1ccc([N+](=O)[O-])cc1. The minimum absolute atomic E-state index is 0.0174. The summed E-state index contributed by atoms with van der Waals surface area (Å²) in [5.74, 6) is -0.262. The standard InChI is InChI=1S/C11H15N3O3/c1-7(2)10(12)11(15)13-8-3-5-9(6-4-8)14(16)17/h3-7,10H,12H2,1-2H3,(H,13,15)/t10-/m1/s1. The molecule has 1 aromatic rings. The lowest BCUT2D eigenvalue weighted by Crippen LogP contribution is -2.39. The van der Waals surface area contributed by atoms with Crippen molar-refractivity contribution < 1.29 is 9.72 Å². The number of rotatable bonds is 4. The zero-order valence-electron chi connectivity index (χ0n) is 9.71. The molecule has 1 aromatic carbocycles. The molecular weight excluding hydrogens is 222 g/mol. The van der Waals surface area contributed by atoms with E-state index < -0.39 is 11.0 Å². The second-order valence-electron chi connectivity index (χ2n) is 4.06. The molecule has 17 heavy (non-hydrogen) atoms. The van der Waals surface area contributed by atoms with Crippen LogP contribution in [-0.4, -0.2) is 16.9 Å². The van der Waals surface area contributed by atoms with Gasteiger partial charge in [0.1, 0.15) is 0 Å². The second-order valence-corrected chi connectivity index (χ2v) is 4.06. The van der Waals surface area contributed by atoms with Gasteiger partial charge in [0.15, 0.2) is 0 Å². The first-order valence-corrected chi connectivity index (χ1v) is 5.22. The van der Waals surface area contributed by atoms with Crippen molar-refractivity contribution in [3.8, 4) is 0 Å². The molecule has 1 rings (SSSR count). The van der Waals surface area contributed by atoms with Crippen molar-refractivity contribution in [2.75, 3.05) is 5.32 Å². The van der Waals surface area contributed by atoms with E-state index in [1.165, 1.54) is 24.3 Å². The highest BCUT2D eigenvalue weighted by Crippen LogP contribution is 2.15. The number of carbonyl (C=O) groups is 1. The number of nitrogens with one attached hydrogen (secondary N) is 1. The van der Waals surface area contributed by atoms with E-state index in [-0.39, 0.29) is 17.5 Å². The molecule has 0 aliphatic carbocycles. The van der Waals surface area contributed by atoms with Crippen molar-refractivity contribution in [3.63, 3.8) is 0 Å². The largest absolute Gasteiger partial charge is 0.325 e. The van der Waals surface area contributed by atoms with Crippen LogP contribution in [0, 0.1) is 16.0 Å². The maximum atomic E-state index is 11.6. The van der Waals surface area contributed by atoms with Gasteiger partial charge in [0.2, 0.25) is 5.91 Å².